The van der Waals surface area contributed by atoms with E-state index < -0.39 is 0 Å². The quantitative estimate of drug-likeness (QED) is 0.870. The summed E-state index contributed by atoms with van der Waals surface area (Å²) in [5, 5.41) is 3.08. The van der Waals surface area contributed by atoms with Crippen LogP contribution in [-0.4, -0.2) is 30.9 Å². The van der Waals surface area contributed by atoms with Crippen molar-refractivity contribution in [2.45, 2.75) is 44.8 Å². The number of nitrogens with zero attached hydrogens (tertiary/aromatic N) is 1. The predicted molar refractivity (Wildman–Crippen MR) is 85.6 cm³/mol. The molecule has 1 fully saturated rings. The monoisotopic (exact) mass is 289 g/mol. The van der Waals surface area contributed by atoms with Gasteiger partial charge in [-0.1, -0.05) is 37.1 Å². The molecule has 3 N–H and O–H groups in total. The summed E-state index contributed by atoms with van der Waals surface area (Å²) in [5.41, 5.74) is 8.52. The second-order valence-corrected chi connectivity index (χ2v) is 6.28. The smallest absolute Gasteiger partial charge is 0.224 e. The molecule has 0 bridgehead atoms. The van der Waals surface area contributed by atoms with Crippen molar-refractivity contribution >= 4 is 5.91 Å². The fourth-order valence-corrected chi connectivity index (χ4v) is 3.02. The number of rotatable bonds is 5. The minimum absolute atomic E-state index is 0.0141. The fraction of sp³-hybridized carbons (Fsp3) is 0.588. The number of nitrogens with one attached hydrogen (secondary N) is 1. The number of hydrogen-bond acceptors (Lipinski definition) is 3. The van der Waals surface area contributed by atoms with E-state index in [1.165, 1.54) is 11.1 Å². The summed E-state index contributed by atoms with van der Waals surface area (Å²) in [6, 6.07) is 8.29. The van der Waals surface area contributed by atoms with E-state index in [1.54, 1.807) is 0 Å². The highest BCUT2D eigenvalue weighted by Gasteiger charge is 2.27. The van der Waals surface area contributed by atoms with Crippen LogP contribution >= 0.6 is 0 Å². The Hall–Kier alpha value is -1.39. The van der Waals surface area contributed by atoms with E-state index in [-0.39, 0.29) is 17.9 Å². The van der Waals surface area contributed by atoms with E-state index in [4.69, 9.17) is 5.73 Å². The number of amides is 1. The molecule has 2 unspecified atom stereocenters. The van der Waals surface area contributed by atoms with Gasteiger partial charge in [0.2, 0.25) is 5.91 Å². The van der Waals surface area contributed by atoms with Gasteiger partial charge in [-0.25, -0.2) is 0 Å². The van der Waals surface area contributed by atoms with Crippen molar-refractivity contribution in [3.63, 3.8) is 0 Å². The second-order valence-electron chi connectivity index (χ2n) is 6.28. The first-order chi connectivity index (χ1) is 10.1. The Kier molecular flexibility index (Phi) is 5.76. The van der Waals surface area contributed by atoms with Crippen LogP contribution in [0.25, 0.3) is 0 Å². The van der Waals surface area contributed by atoms with Gasteiger partial charge in [-0.05, 0) is 38.1 Å². The predicted octanol–water partition coefficient (Wildman–Crippen LogP) is 1.88. The van der Waals surface area contributed by atoms with Gasteiger partial charge in [-0.3, -0.25) is 4.79 Å². The van der Waals surface area contributed by atoms with Gasteiger partial charge >= 0.3 is 0 Å². The normalized spacial score (nSPS) is 22.3. The standard InChI is InChI=1S/C17H27N3O/c1-20(2)12-14-8-4-3-7-13(14)11-19-17(21)15-9-5-6-10-16(15)18/h3-4,7-8,15-16H,5-6,9-12,18H2,1-2H3,(H,19,21). The van der Waals surface area contributed by atoms with Gasteiger partial charge in [0.05, 0.1) is 5.92 Å². The molecule has 0 aliphatic heterocycles. The van der Waals surface area contributed by atoms with Crippen LogP contribution in [0.4, 0.5) is 0 Å². The highest BCUT2D eigenvalue weighted by Crippen LogP contribution is 2.23. The van der Waals surface area contributed by atoms with Gasteiger partial charge in [0.15, 0.2) is 0 Å². The van der Waals surface area contributed by atoms with E-state index in [0.29, 0.717) is 6.54 Å². The van der Waals surface area contributed by atoms with Gasteiger partial charge in [0.1, 0.15) is 0 Å². The van der Waals surface area contributed by atoms with Crippen LogP contribution in [0.2, 0.25) is 0 Å². The number of carbonyl (C=O) groups is 1. The topological polar surface area (TPSA) is 58.4 Å². The summed E-state index contributed by atoms with van der Waals surface area (Å²) >= 11 is 0. The van der Waals surface area contributed by atoms with Crippen molar-refractivity contribution < 1.29 is 4.79 Å². The summed E-state index contributed by atoms with van der Waals surface area (Å²) < 4.78 is 0. The summed E-state index contributed by atoms with van der Waals surface area (Å²) in [5.74, 6) is 0.0987. The van der Waals surface area contributed by atoms with Crippen molar-refractivity contribution in [1.29, 1.82) is 0 Å². The molecule has 2 atom stereocenters. The third-order valence-corrected chi connectivity index (χ3v) is 4.21. The van der Waals surface area contributed by atoms with E-state index in [0.717, 1.165) is 32.2 Å². The van der Waals surface area contributed by atoms with Crippen LogP contribution in [0.1, 0.15) is 36.8 Å². The molecular weight excluding hydrogens is 262 g/mol. The lowest BCUT2D eigenvalue weighted by Gasteiger charge is -2.27. The lowest BCUT2D eigenvalue weighted by molar-refractivity contribution is -0.126. The molecule has 0 saturated heterocycles. The number of hydrogen-bond donors (Lipinski definition) is 2. The summed E-state index contributed by atoms with van der Waals surface area (Å²) in [7, 11) is 4.10. The summed E-state index contributed by atoms with van der Waals surface area (Å²) in [6.45, 7) is 1.47. The molecule has 0 spiro atoms. The summed E-state index contributed by atoms with van der Waals surface area (Å²) in [4.78, 5) is 14.5. The maximum atomic E-state index is 12.3. The Morgan fingerprint density at radius 3 is 2.57 bits per heavy atom. The molecule has 4 nitrogen and oxygen atoms in total. The number of nitrogens with two attached hydrogens (primary N) is 1. The molecule has 2 rings (SSSR count). The molecule has 1 aromatic rings. The maximum Gasteiger partial charge on any atom is 0.224 e. The zero-order valence-corrected chi connectivity index (χ0v) is 13.1. The highest BCUT2D eigenvalue weighted by molar-refractivity contribution is 5.79. The van der Waals surface area contributed by atoms with Crippen molar-refractivity contribution in [2.75, 3.05) is 14.1 Å². The van der Waals surface area contributed by atoms with Gasteiger partial charge in [0, 0.05) is 19.1 Å². The van der Waals surface area contributed by atoms with Crippen molar-refractivity contribution in [1.82, 2.24) is 10.2 Å². The molecule has 4 heteroatoms. The molecule has 116 valence electrons. The Labute approximate surface area is 127 Å². The Morgan fingerprint density at radius 1 is 1.24 bits per heavy atom. The molecule has 0 heterocycles. The van der Waals surface area contributed by atoms with Gasteiger partial charge < -0.3 is 16.0 Å². The zero-order valence-electron chi connectivity index (χ0n) is 13.1. The molecule has 1 aromatic carbocycles. The third-order valence-electron chi connectivity index (χ3n) is 4.21. The van der Waals surface area contributed by atoms with Crippen LogP contribution < -0.4 is 11.1 Å². The first-order valence-electron chi connectivity index (χ1n) is 7.82. The van der Waals surface area contributed by atoms with E-state index in [1.807, 2.05) is 12.1 Å². The Morgan fingerprint density at radius 2 is 1.90 bits per heavy atom. The molecular formula is C17H27N3O. The average Bonchev–Trinajstić information content (AvgIpc) is 2.46. The van der Waals surface area contributed by atoms with Gasteiger partial charge in [0.25, 0.3) is 0 Å². The van der Waals surface area contributed by atoms with Crippen LogP contribution in [0.15, 0.2) is 24.3 Å². The molecule has 0 radical (unpaired) electrons. The first kappa shape index (κ1) is 16.0. The largest absolute Gasteiger partial charge is 0.352 e. The molecule has 1 saturated carbocycles. The molecule has 21 heavy (non-hydrogen) atoms. The molecule has 1 aliphatic carbocycles. The van der Waals surface area contributed by atoms with Gasteiger partial charge in [-0.15, -0.1) is 0 Å². The molecule has 1 amide bonds. The van der Waals surface area contributed by atoms with Gasteiger partial charge in [-0.2, -0.15) is 0 Å². The van der Waals surface area contributed by atoms with Crippen LogP contribution in [0.3, 0.4) is 0 Å². The van der Waals surface area contributed by atoms with Crippen LogP contribution in [-0.2, 0) is 17.9 Å². The first-order valence-corrected chi connectivity index (χ1v) is 7.82. The number of carbonyl (C=O) groups excluding carboxylic acids is 1. The minimum Gasteiger partial charge on any atom is -0.352 e. The van der Waals surface area contributed by atoms with E-state index in [9.17, 15) is 4.79 Å². The Bertz CT molecular complexity index is 473. The molecule has 0 aromatic heterocycles. The van der Waals surface area contributed by atoms with E-state index >= 15 is 0 Å². The lowest BCUT2D eigenvalue weighted by atomic mass is 9.84. The van der Waals surface area contributed by atoms with Crippen molar-refractivity contribution in [3.05, 3.63) is 35.4 Å². The maximum absolute atomic E-state index is 12.3. The summed E-state index contributed by atoms with van der Waals surface area (Å²) in [6.07, 6.45) is 4.15. The minimum atomic E-state index is -0.0141. The SMILES string of the molecule is CN(C)Cc1ccccc1CNC(=O)C1CCCCC1N. The Balaban J connectivity index is 1.94. The van der Waals surface area contributed by atoms with Crippen molar-refractivity contribution in [2.24, 2.45) is 11.7 Å². The van der Waals surface area contributed by atoms with Crippen LogP contribution in [0, 0.1) is 5.92 Å². The fourth-order valence-electron chi connectivity index (χ4n) is 3.02. The second kappa shape index (κ2) is 7.57. The average molecular weight is 289 g/mol. The van der Waals surface area contributed by atoms with Crippen LogP contribution in [0.5, 0.6) is 0 Å². The van der Waals surface area contributed by atoms with Crippen molar-refractivity contribution in [3.8, 4) is 0 Å². The molecule has 1 aliphatic rings. The highest BCUT2D eigenvalue weighted by atomic mass is 16.1. The third kappa shape index (κ3) is 4.55. The number of benzene rings is 1. The van der Waals surface area contributed by atoms with E-state index in [2.05, 4.69) is 36.4 Å². The zero-order chi connectivity index (χ0) is 15.2. The lowest BCUT2D eigenvalue weighted by Crippen LogP contribution is -2.43.